The normalized spacial score (nSPS) is 11.2. The minimum atomic E-state index is -0.346. The van der Waals surface area contributed by atoms with E-state index in [1.54, 1.807) is 18.2 Å². The Morgan fingerprint density at radius 3 is 2.58 bits per heavy atom. The molecule has 0 saturated heterocycles. The van der Waals surface area contributed by atoms with E-state index in [-0.39, 0.29) is 11.7 Å². The summed E-state index contributed by atoms with van der Waals surface area (Å²) in [7, 11) is 1.49. The number of carbonyl (C=O) groups excluding carboxylic acids is 1. The number of esters is 1. The van der Waals surface area contributed by atoms with Gasteiger partial charge < -0.3 is 14.6 Å². The Bertz CT molecular complexity index is 520. The van der Waals surface area contributed by atoms with Crippen molar-refractivity contribution in [1.29, 1.82) is 0 Å². The first-order chi connectivity index (χ1) is 11.5. The number of carbonyl (C=O) groups is 1. The number of methoxy groups -OCH3 is 1. The molecule has 0 amide bonds. The highest BCUT2D eigenvalue weighted by molar-refractivity contribution is 5.87. The summed E-state index contributed by atoms with van der Waals surface area (Å²) in [6.07, 6.45) is 10.1. The molecule has 0 radical (unpaired) electrons. The van der Waals surface area contributed by atoms with Crippen molar-refractivity contribution in [3.05, 3.63) is 29.8 Å². The number of benzene rings is 1. The highest BCUT2D eigenvalue weighted by atomic mass is 16.5. The molecule has 0 atom stereocenters. The average Bonchev–Trinajstić information content (AvgIpc) is 2.56. The maximum Gasteiger partial charge on any atom is 0.330 e. The third-order valence-electron chi connectivity index (χ3n) is 3.79. The van der Waals surface area contributed by atoms with Crippen molar-refractivity contribution in [2.45, 2.75) is 52.4 Å². The molecular formula is C20H30O4. The molecule has 4 heteroatoms. The zero-order chi connectivity index (χ0) is 17.8. The topological polar surface area (TPSA) is 55.8 Å². The van der Waals surface area contributed by atoms with E-state index in [2.05, 4.69) is 13.8 Å². The Labute approximate surface area is 145 Å². The molecule has 0 aliphatic carbocycles. The standard InChI is InChI=1S/C20H30O4/c1-16(2)9-7-5-4-6-8-14-24-20(22)13-11-17-10-12-18(21)19(15-17)23-3/h10-13,15-16,21H,4-9,14H2,1-3H3. The minimum Gasteiger partial charge on any atom is -0.504 e. The summed E-state index contributed by atoms with van der Waals surface area (Å²) in [5, 5.41) is 9.52. The van der Waals surface area contributed by atoms with Crippen LogP contribution in [0.25, 0.3) is 6.08 Å². The smallest absolute Gasteiger partial charge is 0.330 e. The van der Waals surface area contributed by atoms with Crippen LogP contribution in [-0.4, -0.2) is 24.8 Å². The van der Waals surface area contributed by atoms with Gasteiger partial charge in [0.2, 0.25) is 0 Å². The lowest BCUT2D eigenvalue weighted by Crippen LogP contribution is -2.02. The van der Waals surface area contributed by atoms with Crippen LogP contribution in [0.5, 0.6) is 11.5 Å². The van der Waals surface area contributed by atoms with Gasteiger partial charge in [-0.05, 0) is 36.1 Å². The van der Waals surface area contributed by atoms with E-state index < -0.39 is 0 Å². The molecule has 0 saturated carbocycles. The fourth-order valence-corrected chi connectivity index (χ4v) is 2.37. The number of hydrogen-bond donors (Lipinski definition) is 1. The predicted molar refractivity (Wildman–Crippen MR) is 97.2 cm³/mol. The average molecular weight is 334 g/mol. The summed E-state index contributed by atoms with van der Waals surface area (Å²) in [5.74, 6) is 0.891. The molecule has 24 heavy (non-hydrogen) atoms. The lowest BCUT2D eigenvalue weighted by Gasteiger charge is -2.05. The summed E-state index contributed by atoms with van der Waals surface area (Å²) < 4.78 is 10.2. The quantitative estimate of drug-likeness (QED) is 0.353. The molecule has 0 bridgehead atoms. The van der Waals surface area contributed by atoms with Gasteiger partial charge in [-0.3, -0.25) is 0 Å². The van der Waals surface area contributed by atoms with Crippen molar-refractivity contribution in [3.8, 4) is 11.5 Å². The zero-order valence-electron chi connectivity index (χ0n) is 15.1. The van der Waals surface area contributed by atoms with Gasteiger partial charge in [-0.25, -0.2) is 4.79 Å². The van der Waals surface area contributed by atoms with E-state index in [1.165, 1.54) is 44.9 Å². The molecule has 0 spiro atoms. The summed E-state index contributed by atoms with van der Waals surface area (Å²) in [6.45, 7) is 4.97. The number of phenols is 1. The van der Waals surface area contributed by atoms with Gasteiger partial charge in [0.15, 0.2) is 11.5 Å². The van der Waals surface area contributed by atoms with E-state index in [0.717, 1.165) is 24.3 Å². The third-order valence-corrected chi connectivity index (χ3v) is 3.79. The van der Waals surface area contributed by atoms with Gasteiger partial charge in [0.05, 0.1) is 13.7 Å². The lowest BCUT2D eigenvalue weighted by molar-refractivity contribution is -0.137. The van der Waals surface area contributed by atoms with Gasteiger partial charge in [0, 0.05) is 6.08 Å². The van der Waals surface area contributed by atoms with Crippen molar-refractivity contribution in [2.75, 3.05) is 13.7 Å². The summed E-state index contributed by atoms with van der Waals surface area (Å²) in [5.41, 5.74) is 0.770. The summed E-state index contributed by atoms with van der Waals surface area (Å²) >= 11 is 0. The monoisotopic (exact) mass is 334 g/mol. The maximum atomic E-state index is 11.7. The fourth-order valence-electron chi connectivity index (χ4n) is 2.37. The molecule has 1 aromatic carbocycles. The summed E-state index contributed by atoms with van der Waals surface area (Å²) in [6, 6.07) is 4.90. The van der Waals surface area contributed by atoms with E-state index in [9.17, 15) is 9.90 Å². The van der Waals surface area contributed by atoms with E-state index in [1.807, 2.05) is 0 Å². The number of rotatable bonds is 11. The van der Waals surface area contributed by atoms with Crippen LogP contribution in [0.1, 0.15) is 57.9 Å². The van der Waals surface area contributed by atoms with Crippen LogP contribution >= 0.6 is 0 Å². The molecule has 0 heterocycles. The first-order valence-corrected chi connectivity index (χ1v) is 8.74. The van der Waals surface area contributed by atoms with E-state index in [0.29, 0.717) is 12.4 Å². The number of aromatic hydroxyl groups is 1. The second-order valence-electron chi connectivity index (χ2n) is 6.38. The van der Waals surface area contributed by atoms with Gasteiger partial charge in [-0.15, -0.1) is 0 Å². The molecule has 0 fully saturated rings. The van der Waals surface area contributed by atoms with E-state index >= 15 is 0 Å². The van der Waals surface area contributed by atoms with Crippen molar-refractivity contribution in [3.63, 3.8) is 0 Å². The van der Waals surface area contributed by atoms with Crippen molar-refractivity contribution in [1.82, 2.24) is 0 Å². The van der Waals surface area contributed by atoms with Gasteiger partial charge in [-0.1, -0.05) is 52.0 Å². The van der Waals surface area contributed by atoms with Crippen molar-refractivity contribution < 1.29 is 19.4 Å². The van der Waals surface area contributed by atoms with Crippen LogP contribution in [0, 0.1) is 5.92 Å². The van der Waals surface area contributed by atoms with Crippen LogP contribution < -0.4 is 4.74 Å². The highest BCUT2D eigenvalue weighted by Gasteiger charge is 2.02. The van der Waals surface area contributed by atoms with Gasteiger partial charge in [0.1, 0.15) is 0 Å². The Kier molecular flexibility index (Phi) is 9.66. The molecule has 0 aromatic heterocycles. The first-order valence-electron chi connectivity index (χ1n) is 8.74. The molecular weight excluding hydrogens is 304 g/mol. The largest absolute Gasteiger partial charge is 0.504 e. The molecule has 0 aliphatic heterocycles. The van der Waals surface area contributed by atoms with Crippen LogP contribution in [-0.2, 0) is 9.53 Å². The van der Waals surface area contributed by atoms with Gasteiger partial charge in [-0.2, -0.15) is 0 Å². The van der Waals surface area contributed by atoms with Crippen LogP contribution in [0.2, 0.25) is 0 Å². The minimum absolute atomic E-state index is 0.0746. The number of phenolic OH excluding ortho intramolecular Hbond substituents is 1. The Hall–Kier alpha value is -1.97. The van der Waals surface area contributed by atoms with Crippen LogP contribution in [0.15, 0.2) is 24.3 Å². The molecule has 0 aliphatic rings. The fraction of sp³-hybridized carbons (Fsp3) is 0.550. The maximum absolute atomic E-state index is 11.7. The van der Waals surface area contributed by atoms with E-state index in [4.69, 9.17) is 9.47 Å². The number of hydrogen-bond acceptors (Lipinski definition) is 4. The third kappa shape index (κ3) is 8.61. The second kappa shape index (κ2) is 11.5. The first kappa shape index (κ1) is 20.1. The highest BCUT2D eigenvalue weighted by Crippen LogP contribution is 2.26. The van der Waals surface area contributed by atoms with Crippen LogP contribution in [0.3, 0.4) is 0 Å². The lowest BCUT2D eigenvalue weighted by atomic mass is 10.0. The Morgan fingerprint density at radius 2 is 1.88 bits per heavy atom. The molecule has 1 rings (SSSR count). The van der Waals surface area contributed by atoms with Crippen molar-refractivity contribution in [2.24, 2.45) is 5.92 Å². The van der Waals surface area contributed by atoms with Gasteiger partial charge >= 0.3 is 5.97 Å². The Morgan fingerprint density at radius 1 is 1.17 bits per heavy atom. The number of unbranched alkanes of at least 4 members (excludes halogenated alkanes) is 4. The van der Waals surface area contributed by atoms with Crippen LogP contribution in [0.4, 0.5) is 0 Å². The predicted octanol–water partition coefficient (Wildman–Crippen LogP) is 4.95. The molecule has 4 nitrogen and oxygen atoms in total. The summed E-state index contributed by atoms with van der Waals surface area (Å²) in [4.78, 5) is 11.7. The SMILES string of the molecule is COc1cc(C=CC(=O)OCCCCCCCC(C)C)ccc1O. The molecule has 1 aromatic rings. The molecule has 1 N–H and O–H groups in total. The van der Waals surface area contributed by atoms with Crippen molar-refractivity contribution >= 4 is 12.0 Å². The van der Waals surface area contributed by atoms with Gasteiger partial charge in [0.25, 0.3) is 0 Å². The zero-order valence-corrected chi connectivity index (χ0v) is 15.1. The Balaban J connectivity index is 2.17. The number of ether oxygens (including phenoxy) is 2. The molecule has 0 unspecified atom stereocenters. The molecule has 134 valence electrons. The second-order valence-corrected chi connectivity index (χ2v) is 6.38.